The summed E-state index contributed by atoms with van der Waals surface area (Å²) in [5, 5.41) is 0. The second-order valence-corrected chi connectivity index (χ2v) is 8.93. The monoisotopic (exact) mass is 410 g/mol. The molecule has 3 aromatic rings. The first-order chi connectivity index (χ1) is 12.3. The van der Waals surface area contributed by atoms with Crippen LogP contribution in [0.1, 0.15) is 9.67 Å². The Labute approximate surface area is 158 Å². The Hall–Kier alpha value is -2.22. The van der Waals surface area contributed by atoms with E-state index in [0.717, 1.165) is 10.4 Å². The predicted molar refractivity (Wildman–Crippen MR) is 99.5 cm³/mol. The quantitative estimate of drug-likeness (QED) is 0.451. The minimum Gasteiger partial charge on any atom is -0.465 e. The molecule has 26 heavy (non-hydrogen) atoms. The molecule has 4 nitrogen and oxygen atoms in total. The van der Waals surface area contributed by atoms with Crippen molar-refractivity contribution >= 4 is 37.0 Å². The molecule has 0 aliphatic carbocycles. The molecule has 0 saturated heterocycles. The van der Waals surface area contributed by atoms with E-state index in [1.807, 2.05) is 0 Å². The number of ether oxygens (including phenoxy) is 1. The number of hydrogen-bond donors (Lipinski definition) is 0. The maximum Gasteiger partial charge on any atom is 0.348 e. The Morgan fingerprint density at radius 1 is 1.04 bits per heavy atom. The summed E-state index contributed by atoms with van der Waals surface area (Å²) in [6.45, 7) is 0. The van der Waals surface area contributed by atoms with Gasteiger partial charge in [0.05, 0.1) is 12.0 Å². The van der Waals surface area contributed by atoms with E-state index in [-0.39, 0.29) is 10.7 Å². The van der Waals surface area contributed by atoms with Crippen LogP contribution in [-0.2, 0) is 13.8 Å². The van der Waals surface area contributed by atoms with Gasteiger partial charge in [-0.2, -0.15) is 0 Å². The number of carbonyl (C=O) groups excluding carboxylic acids is 1. The maximum atomic E-state index is 13.2. The average Bonchev–Trinajstić information content (AvgIpc) is 3.06. The summed E-state index contributed by atoms with van der Waals surface area (Å²) in [4.78, 5) is 13.0. The van der Waals surface area contributed by atoms with Crippen molar-refractivity contribution in [2.75, 3.05) is 7.11 Å². The van der Waals surface area contributed by atoms with Crippen molar-refractivity contribution in [3.8, 4) is 21.6 Å². The fourth-order valence-electron chi connectivity index (χ4n) is 2.42. The van der Waals surface area contributed by atoms with Gasteiger partial charge >= 0.3 is 5.97 Å². The summed E-state index contributed by atoms with van der Waals surface area (Å²) in [7, 11) is 2.81. The Balaban J connectivity index is 2.14. The molecular formula is C18H12ClFO4S2. The van der Waals surface area contributed by atoms with E-state index in [1.165, 1.54) is 42.7 Å². The molecule has 2 aromatic carbocycles. The van der Waals surface area contributed by atoms with Gasteiger partial charge in [0.15, 0.2) is 0 Å². The molecule has 1 heterocycles. The van der Waals surface area contributed by atoms with Crippen LogP contribution in [0.15, 0.2) is 59.5 Å². The molecular weight excluding hydrogens is 399 g/mol. The number of rotatable bonds is 4. The first-order valence-electron chi connectivity index (χ1n) is 7.33. The van der Waals surface area contributed by atoms with Crippen molar-refractivity contribution in [2.24, 2.45) is 0 Å². The van der Waals surface area contributed by atoms with Gasteiger partial charge in [-0.25, -0.2) is 17.6 Å². The van der Waals surface area contributed by atoms with E-state index in [9.17, 15) is 17.6 Å². The summed E-state index contributed by atoms with van der Waals surface area (Å²) in [5.41, 5.74) is 2.14. The predicted octanol–water partition coefficient (Wildman–Crippen LogP) is 4.94. The van der Waals surface area contributed by atoms with Crippen molar-refractivity contribution in [3.05, 3.63) is 65.3 Å². The minimum atomic E-state index is -3.82. The summed E-state index contributed by atoms with van der Waals surface area (Å²) in [6, 6.07) is 13.5. The van der Waals surface area contributed by atoms with Crippen molar-refractivity contribution in [1.82, 2.24) is 0 Å². The molecule has 0 aliphatic rings. The SMILES string of the molecule is COC(=O)c1cc(-c2ccc(S(=O)(=O)Cl)cc2)c(-c2ccc(F)cc2)s1. The fourth-order valence-corrected chi connectivity index (χ4v) is 4.29. The number of thiophene rings is 1. The summed E-state index contributed by atoms with van der Waals surface area (Å²) in [5.74, 6) is -0.846. The maximum absolute atomic E-state index is 13.2. The number of hydrogen-bond acceptors (Lipinski definition) is 5. The zero-order valence-corrected chi connectivity index (χ0v) is 15.8. The normalized spacial score (nSPS) is 11.3. The zero-order chi connectivity index (χ0) is 18.9. The van der Waals surface area contributed by atoms with Crippen molar-refractivity contribution in [2.45, 2.75) is 4.90 Å². The van der Waals surface area contributed by atoms with E-state index in [0.29, 0.717) is 16.0 Å². The smallest absolute Gasteiger partial charge is 0.348 e. The van der Waals surface area contributed by atoms with Gasteiger partial charge in [-0.15, -0.1) is 11.3 Å². The van der Waals surface area contributed by atoms with Crippen LogP contribution in [0.25, 0.3) is 21.6 Å². The molecule has 0 bridgehead atoms. The highest BCUT2D eigenvalue weighted by molar-refractivity contribution is 8.13. The lowest BCUT2D eigenvalue weighted by molar-refractivity contribution is 0.0606. The summed E-state index contributed by atoms with van der Waals surface area (Å²) < 4.78 is 40.8. The second kappa shape index (κ2) is 7.19. The van der Waals surface area contributed by atoms with Gasteiger partial charge in [0.2, 0.25) is 0 Å². The number of carbonyl (C=O) groups is 1. The lowest BCUT2D eigenvalue weighted by Crippen LogP contribution is -1.96. The molecule has 0 fully saturated rings. The number of halogens is 2. The Kier molecular flexibility index (Phi) is 5.13. The molecule has 0 saturated carbocycles. The van der Waals surface area contributed by atoms with Crippen LogP contribution in [0, 0.1) is 5.82 Å². The van der Waals surface area contributed by atoms with Crippen molar-refractivity contribution in [3.63, 3.8) is 0 Å². The van der Waals surface area contributed by atoms with Crippen LogP contribution in [-0.4, -0.2) is 21.5 Å². The van der Waals surface area contributed by atoms with Crippen LogP contribution >= 0.6 is 22.0 Å². The highest BCUT2D eigenvalue weighted by Crippen LogP contribution is 2.40. The Morgan fingerprint density at radius 2 is 1.62 bits per heavy atom. The van der Waals surface area contributed by atoms with Crippen molar-refractivity contribution in [1.29, 1.82) is 0 Å². The second-order valence-electron chi connectivity index (χ2n) is 5.31. The first kappa shape index (κ1) is 18.6. The molecule has 0 N–H and O–H groups in total. The lowest BCUT2D eigenvalue weighted by atomic mass is 10.0. The van der Waals surface area contributed by atoms with E-state index in [2.05, 4.69) is 0 Å². The van der Waals surface area contributed by atoms with Gasteiger partial charge in [-0.1, -0.05) is 24.3 Å². The van der Waals surface area contributed by atoms with Crippen LogP contribution < -0.4 is 0 Å². The molecule has 0 amide bonds. The third-order valence-corrected chi connectivity index (χ3v) is 6.21. The molecule has 8 heteroatoms. The molecule has 0 radical (unpaired) electrons. The number of esters is 1. The van der Waals surface area contributed by atoms with Crippen LogP contribution in [0.3, 0.4) is 0 Å². The van der Waals surface area contributed by atoms with E-state index < -0.39 is 15.0 Å². The topological polar surface area (TPSA) is 60.4 Å². The van der Waals surface area contributed by atoms with Gasteiger partial charge < -0.3 is 4.74 Å². The van der Waals surface area contributed by atoms with Crippen LogP contribution in [0.5, 0.6) is 0 Å². The minimum absolute atomic E-state index is 0.0188. The fraction of sp³-hybridized carbons (Fsp3) is 0.0556. The molecule has 1 aromatic heterocycles. The molecule has 3 rings (SSSR count). The average molecular weight is 411 g/mol. The van der Waals surface area contributed by atoms with Crippen LogP contribution in [0.2, 0.25) is 0 Å². The molecule has 0 atom stereocenters. The van der Waals surface area contributed by atoms with E-state index in [4.69, 9.17) is 15.4 Å². The van der Waals surface area contributed by atoms with Crippen LogP contribution in [0.4, 0.5) is 4.39 Å². The van der Waals surface area contributed by atoms with Gasteiger partial charge in [-0.3, -0.25) is 0 Å². The van der Waals surface area contributed by atoms with E-state index >= 15 is 0 Å². The zero-order valence-electron chi connectivity index (χ0n) is 13.4. The highest BCUT2D eigenvalue weighted by atomic mass is 35.7. The molecule has 134 valence electrons. The number of methoxy groups -OCH3 is 1. The molecule has 0 aliphatic heterocycles. The Morgan fingerprint density at radius 3 is 2.15 bits per heavy atom. The largest absolute Gasteiger partial charge is 0.465 e. The first-order valence-corrected chi connectivity index (χ1v) is 10.5. The lowest BCUT2D eigenvalue weighted by Gasteiger charge is -2.05. The molecule has 0 spiro atoms. The summed E-state index contributed by atoms with van der Waals surface area (Å²) in [6.07, 6.45) is 0. The van der Waals surface area contributed by atoms with Gasteiger partial charge in [-0.05, 0) is 41.5 Å². The Bertz CT molecular complexity index is 1060. The van der Waals surface area contributed by atoms with E-state index in [1.54, 1.807) is 30.3 Å². The summed E-state index contributed by atoms with van der Waals surface area (Å²) >= 11 is 1.21. The molecule has 0 unspecified atom stereocenters. The standard InChI is InChI=1S/C18H12ClFO4S2/c1-24-18(21)16-10-15(11-4-8-14(9-5-11)26(19,22)23)17(25-16)12-2-6-13(20)7-3-12/h2-10H,1H3. The third-order valence-electron chi connectivity index (χ3n) is 3.67. The van der Waals surface area contributed by atoms with Gasteiger partial charge in [0.25, 0.3) is 9.05 Å². The van der Waals surface area contributed by atoms with Gasteiger partial charge in [0, 0.05) is 21.1 Å². The third kappa shape index (κ3) is 3.80. The number of benzene rings is 2. The van der Waals surface area contributed by atoms with Gasteiger partial charge in [0.1, 0.15) is 10.7 Å². The highest BCUT2D eigenvalue weighted by Gasteiger charge is 2.18. The van der Waals surface area contributed by atoms with Crippen molar-refractivity contribution < 1.29 is 22.3 Å².